The lowest BCUT2D eigenvalue weighted by molar-refractivity contribution is 0.0286. The van der Waals surface area contributed by atoms with Crippen molar-refractivity contribution in [3.05, 3.63) is 74.4 Å². The van der Waals surface area contributed by atoms with Crippen LogP contribution in [0, 0.1) is 11.7 Å². The van der Waals surface area contributed by atoms with Crippen molar-refractivity contribution in [2.24, 2.45) is 5.92 Å². The van der Waals surface area contributed by atoms with E-state index in [9.17, 15) is 14.0 Å². The maximum atomic E-state index is 14.7. The topological polar surface area (TPSA) is 70.4 Å². The fraction of sp³-hybridized carbons (Fsp3) is 0.483. The molecule has 6 nitrogen and oxygen atoms in total. The second-order valence-corrected chi connectivity index (χ2v) is 14.8. The maximum Gasteiger partial charge on any atom is 0.343 e. The molecule has 0 unspecified atom stereocenters. The highest BCUT2D eigenvalue weighted by Crippen LogP contribution is 2.37. The summed E-state index contributed by atoms with van der Waals surface area (Å²) in [6.45, 7) is 16.6. The van der Waals surface area contributed by atoms with Crippen molar-refractivity contribution in [3.63, 3.8) is 0 Å². The summed E-state index contributed by atoms with van der Waals surface area (Å²) in [5.41, 5.74) is 0.653. The number of benzene rings is 1. The third-order valence-corrected chi connectivity index (χ3v) is 8.42. The van der Waals surface area contributed by atoms with E-state index in [0.717, 1.165) is 0 Å². The number of carbonyl (C=O) groups is 1. The fourth-order valence-electron chi connectivity index (χ4n) is 4.79. The summed E-state index contributed by atoms with van der Waals surface area (Å²) in [5.74, 6) is -1.09. The van der Waals surface area contributed by atoms with Crippen LogP contribution in [0.25, 0.3) is 11.0 Å². The van der Waals surface area contributed by atoms with E-state index in [1.807, 2.05) is 24.5 Å². The first-order valence-corrected chi connectivity index (χ1v) is 14.6. The molecule has 0 aliphatic carbocycles. The lowest BCUT2D eigenvalue weighted by Crippen LogP contribution is -2.42. The number of pyridine rings is 2. The molecule has 0 saturated heterocycles. The molecule has 0 bridgehead atoms. The van der Waals surface area contributed by atoms with E-state index in [1.165, 1.54) is 6.07 Å². The molecule has 3 rings (SSSR count). The van der Waals surface area contributed by atoms with Gasteiger partial charge in [0.25, 0.3) is 0 Å². The maximum absolute atomic E-state index is 14.7. The van der Waals surface area contributed by atoms with Gasteiger partial charge >= 0.3 is 5.97 Å². The Morgan fingerprint density at radius 3 is 2.50 bits per heavy atom. The van der Waals surface area contributed by atoms with E-state index >= 15 is 0 Å². The van der Waals surface area contributed by atoms with E-state index in [4.69, 9.17) is 20.8 Å². The number of hydrogen-bond donors (Lipinski definition) is 0. The van der Waals surface area contributed by atoms with Gasteiger partial charge in [-0.3, -0.25) is 9.78 Å². The number of fused-ring (bicyclic) bond motifs is 1. The Bertz CT molecular complexity index is 1380. The zero-order valence-electron chi connectivity index (χ0n) is 23.5. The summed E-state index contributed by atoms with van der Waals surface area (Å²) in [6, 6.07) is 6.47. The van der Waals surface area contributed by atoms with Crippen molar-refractivity contribution in [1.29, 1.82) is 0 Å². The lowest BCUT2D eigenvalue weighted by Gasteiger charge is -2.41. The van der Waals surface area contributed by atoms with Crippen molar-refractivity contribution >= 4 is 38.4 Å². The van der Waals surface area contributed by atoms with Crippen LogP contribution in [-0.2, 0) is 15.6 Å². The van der Waals surface area contributed by atoms with Crippen molar-refractivity contribution in [2.75, 3.05) is 6.61 Å². The Balaban J connectivity index is 2.26. The first kappa shape index (κ1) is 30.0. The quantitative estimate of drug-likeness (QED) is 0.228. The first-order valence-electron chi connectivity index (χ1n) is 12.9. The van der Waals surface area contributed by atoms with Gasteiger partial charge in [0.1, 0.15) is 16.9 Å². The Hall–Kier alpha value is -2.55. The average molecular weight is 561 g/mol. The minimum absolute atomic E-state index is 0.0500. The van der Waals surface area contributed by atoms with Crippen LogP contribution in [0.3, 0.4) is 0 Å². The molecular weight excluding hydrogens is 523 g/mol. The molecule has 9 heteroatoms. The molecule has 0 aliphatic heterocycles. The summed E-state index contributed by atoms with van der Waals surface area (Å²) in [7, 11) is -0.919. The highest BCUT2D eigenvalue weighted by atomic mass is 35.5. The van der Waals surface area contributed by atoms with Crippen LogP contribution in [0.4, 0.5) is 4.39 Å². The minimum atomic E-state index is -0.919. The third kappa shape index (κ3) is 6.71. The number of esters is 1. The van der Waals surface area contributed by atoms with Crippen LogP contribution in [0.5, 0.6) is 0 Å². The van der Waals surface area contributed by atoms with Crippen molar-refractivity contribution in [3.8, 4) is 0 Å². The molecule has 2 heterocycles. The van der Waals surface area contributed by atoms with Gasteiger partial charge in [-0.2, -0.15) is 0 Å². The van der Waals surface area contributed by atoms with Crippen molar-refractivity contribution in [1.82, 2.24) is 9.55 Å². The molecule has 0 amide bonds. The number of hydrogen-bond acceptors (Lipinski definition) is 5. The monoisotopic (exact) mass is 560 g/mol. The molecule has 2 aromatic heterocycles. The fourth-order valence-corrected chi connectivity index (χ4v) is 5.96. The minimum Gasteiger partial charge on any atom is -0.462 e. The number of nitrogens with zero attached hydrogens (tertiary/aromatic N) is 2. The van der Waals surface area contributed by atoms with Crippen LogP contribution in [-0.4, -0.2) is 37.5 Å². The van der Waals surface area contributed by atoms with E-state index in [2.05, 4.69) is 39.6 Å². The second kappa shape index (κ2) is 11.7. The van der Waals surface area contributed by atoms with Crippen molar-refractivity contribution < 1.29 is 18.3 Å². The highest BCUT2D eigenvalue weighted by molar-refractivity contribution is 6.32. The number of aromatic nitrogens is 2. The molecule has 1 atom stereocenters. The van der Waals surface area contributed by atoms with Gasteiger partial charge in [-0.25, -0.2) is 9.18 Å². The molecular formula is C29H38ClFN2O4Si. The Labute approximate surface area is 231 Å². The summed E-state index contributed by atoms with van der Waals surface area (Å²) >= 11 is 5.99. The van der Waals surface area contributed by atoms with E-state index in [0.29, 0.717) is 16.6 Å². The van der Waals surface area contributed by atoms with E-state index in [-0.39, 0.29) is 46.1 Å². The van der Waals surface area contributed by atoms with E-state index in [1.54, 1.807) is 31.5 Å². The summed E-state index contributed by atoms with van der Waals surface area (Å²) < 4.78 is 28.4. The van der Waals surface area contributed by atoms with Gasteiger partial charge in [-0.15, -0.1) is 0 Å². The average Bonchev–Trinajstić information content (AvgIpc) is 2.82. The standard InChI is InChI=1S/C29H38ClFN2O4Si/c1-9-36-27(35)20-16-33(26(17(2)3)29(7,8)37-38-28(4,5)6)22-14-18(15-32-24(22)25(20)34)13-19-11-10-12-21(30)23(19)31/h10-12,14-17,26H,9,13,38H2,1-8H3/t26-/m0/s1. The normalized spacial score (nSPS) is 13.6. The van der Waals surface area contributed by atoms with Gasteiger partial charge in [-0.05, 0) is 55.0 Å². The van der Waals surface area contributed by atoms with Gasteiger partial charge in [0.2, 0.25) is 5.43 Å². The molecule has 0 N–H and O–H groups in total. The Morgan fingerprint density at radius 1 is 1.21 bits per heavy atom. The SMILES string of the molecule is CCOC(=O)c1cn([C@@H](C(C)C)C(C)(C)O[SiH2]C(C)(C)C)c2cc(Cc3cccc(Cl)c3F)cnc2c1=O. The first-order chi connectivity index (χ1) is 17.7. The summed E-state index contributed by atoms with van der Waals surface area (Å²) in [5, 5.41) is 0.130. The predicted octanol–water partition coefficient (Wildman–Crippen LogP) is 6.25. The van der Waals surface area contributed by atoms with Crippen LogP contribution < -0.4 is 5.43 Å². The van der Waals surface area contributed by atoms with Gasteiger partial charge in [0.15, 0.2) is 9.76 Å². The lowest BCUT2D eigenvalue weighted by atomic mass is 9.88. The van der Waals surface area contributed by atoms with Gasteiger partial charge in [-0.1, -0.05) is 58.4 Å². The number of ether oxygens (including phenoxy) is 1. The predicted molar refractivity (Wildman–Crippen MR) is 153 cm³/mol. The zero-order valence-corrected chi connectivity index (χ0v) is 25.7. The zero-order chi connectivity index (χ0) is 28.4. The molecule has 0 radical (unpaired) electrons. The van der Waals surface area contributed by atoms with Crippen LogP contribution in [0.1, 0.15) is 82.9 Å². The van der Waals surface area contributed by atoms with Crippen molar-refractivity contribution in [2.45, 2.75) is 78.5 Å². The second-order valence-electron chi connectivity index (χ2n) is 11.7. The number of carbonyl (C=O) groups excluding carboxylic acids is 1. The van der Waals surface area contributed by atoms with Gasteiger partial charge in [0, 0.05) is 18.8 Å². The van der Waals surface area contributed by atoms with Gasteiger partial charge in [0.05, 0.1) is 28.8 Å². The largest absolute Gasteiger partial charge is 0.462 e. The molecule has 0 saturated carbocycles. The summed E-state index contributed by atoms with van der Waals surface area (Å²) in [4.78, 5) is 30.7. The molecule has 0 fully saturated rings. The number of rotatable bonds is 9. The third-order valence-electron chi connectivity index (χ3n) is 6.37. The molecule has 206 valence electrons. The highest BCUT2D eigenvalue weighted by Gasteiger charge is 2.36. The molecule has 3 aromatic rings. The molecule has 0 aliphatic rings. The van der Waals surface area contributed by atoms with E-state index < -0.39 is 32.6 Å². The Kier molecular flexibility index (Phi) is 9.22. The smallest absolute Gasteiger partial charge is 0.343 e. The van der Waals surface area contributed by atoms with Crippen LogP contribution >= 0.6 is 11.6 Å². The van der Waals surface area contributed by atoms with Crippen LogP contribution in [0.2, 0.25) is 10.1 Å². The number of halogens is 2. The summed E-state index contributed by atoms with van der Waals surface area (Å²) in [6.07, 6.45) is 3.36. The molecule has 1 aromatic carbocycles. The van der Waals surface area contributed by atoms with Gasteiger partial charge < -0.3 is 13.7 Å². The van der Waals surface area contributed by atoms with Crippen LogP contribution in [0.15, 0.2) is 41.5 Å². The molecule has 38 heavy (non-hydrogen) atoms. The molecule has 0 spiro atoms. The Morgan fingerprint density at radius 2 is 1.89 bits per heavy atom.